The van der Waals surface area contributed by atoms with Crippen LogP contribution < -0.4 is 0 Å². The number of carboxylic acids is 2. The van der Waals surface area contributed by atoms with Crippen molar-refractivity contribution in [3.8, 4) is 0 Å². The van der Waals surface area contributed by atoms with Gasteiger partial charge in [0.05, 0.1) is 0 Å². The molecule has 0 fully saturated rings. The summed E-state index contributed by atoms with van der Waals surface area (Å²) < 4.78 is 0. The minimum atomic E-state index is -0.653. The molecule has 6 heteroatoms. The van der Waals surface area contributed by atoms with Crippen LogP contribution in [0.25, 0.3) is 0 Å². The SMILES string of the molecule is CCCCCCCCCCCCCCCCCC(=O)O.CCCCCCCCCCCCCCCCCC(=O)O.I.[CaH2]. The molecule has 0 saturated carbocycles. The van der Waals surface area contributed by atoms with E-state index in [4.69, 9.17) is 10.2 Å². The van der Waals surface area contributed by atoms with Gasteiger partial charge in [-0.15, -0.1) is 24.0 Å². The summed E-state index contributed by atoms with van der Waals surface area (Å²) in [4.78, 5) is 20.7. The summed E-state index contributed by atoms with van der Waals surface area (Å²) in [5, 5.41) is 17.0. The van der Waals surface area contributed by atoms with Crippen molar-refractivity contribution < 1.29 is 19.8 Å². The van der Waals surface area contributed by atoms with Crippen LogP contribution in [-0.4, -0.2) is 59.9 Å². The molecule has 0 aromatic rings. The van der Waals surface area contributed by atoms with Gasteiger partial charge in [-0.05, 0) is 12.8 Å². The summed E-state index contributed by atoms with van der Waals surface area (Å²) in [5.74, 6) is -1.31. The van der Waals surface area contributed by atoms with E-state index in [0.29, 0.717) is 12.8 Å². The molecule has 0 saturated heterocycles. The molecule has 0 rings (SSSR count). The molecular formula is C36H75CaIO4. The van der Waals surface area contributed by atoms with E-state index in [1.807, 2.05) is 0 Å². The molecule has 42 heavy (non-hydrogen) atoms. The number of carboxylic acid groups (broad SMARTS) is 2. The number of halogens is 1. The molecule has 0 unspecified atom stereocenters. The monoisotopic (exact) mass is 738 g/mol. The van der Waals surface area contributed by atoms with Crippen molar-refractivity contribution in [1.82, 2.24) is 0 Å². The molecule has 0 aliphatic rings. The van der Waals surface area contributed by atoms with E-state index in [2.05, 4.69) is 13.8 Å². The molecule has 0 spiro atoms. The predicted molar refractivity (Wildman–Crippen MR) is 198 cm³/mol. The van der Waals surface area contributed by atoms with Crippen molar-refractivity contribution in [3.05, 3.63) is 0 Å². The van der Waals surface area contributed by atoms with Crippen molar-refractivity contribution >= 4 is 73.7 Å². The van der Waals surface area contributed by atoms with Crippen LogP contribution >= 0.6 is 24.0 Å². The van der Waals surface area contributed by atoms with Gasteiger partial charge in [0.25, 0.3) is 0 Å². The molecule has 0 heterocycles. The van der Waals surface area contributed by atoms with Crippen molar-refractivity contribution in [3.63, 3.8) is 0 Å². The molecule has 0 atom stereocenters. The molecule has 2 N–H and O–H groups in total. The minimum absolute atomic E-state index is 0. The van der Waals surface area contributed by atoms with Gasteiger partial charge in [0.15, 0.2) is 0 Å². The third-order valence-corrected chi connectivity index (χ3v) is 7.99. The zero-order valence-corrected chi connectivity index (χ0v) is 30.1. The van der Waals surface area contributed by atoms with E-state index < -0.39 is 11.9 Å². The Morgan fingerprint density at radius 2 is 0.476 bits per heavy atom. The molecule has 0 aliphatic carbocycles. The van der Waals surface area contributed by atoms with Gasteiger partial charge in [0.2, 0.25) is 0 Å². The Morgan fingerprint density at radius 3 is 0.619 bits per heavy atom. The van der Waals surface area contributed by atoms with Crippen LogP contribution in [0.1, 0.15) is 219 Å². The molecule has 0 bridgehead atoms. The molecule has 0 aliphatic heterocycles. The fourth-order valence-corrected chi connectivity index (χ4v) is 5.30. The first kappa shape index (κ1) is 49.8. The normalized spacial score (nSPS) is 10.3. The van der Waals surface area contributed by atoms with E-state index in [9.17, 15) is 9.59 Å². The number of hydrogen-bond donors (Lipinski definition) is 2. The second-order valence-electron chi connectivity index (χ2n) is 12.2. The van der Waals surface area contributed by atoms with E-state index >= 15 is 0 Å². The Kier molecular flexibility index (Phi) is 55.0. The van der Waals surface area contributed by atoms with Gasteiger partial charge in [0, 0.05) is 12.8 Å². The van der Waals surface area contributed by atoms with E-state index in [1.165, 1.54) is 167 Å². The topological polar surface area (TPSA) is 74.6 Å². The van der Waals surface area contributed by atoms with Crippen molar-refractivity contribution in [2.45, 2.75) is 219 Å². The summed E-state index contributed by atoms with van der Waals surface area (Å²) in [7, 11) is 0. The number of aliphatic carboxylic acids is 2. The summed E-state index contributed by atoms with van der Waals surface area (Å²) >= 11 is 0. The zero-order chi connectivity index (χ0) is 29.8. The van der Waals surface area contributed by atoms with Crippen LogP contribution in [0.4, 0.5) is 0 Å². The van der Waals surface area contributed by atoms with Crippen LogP contribution in [0.2, 0.25) is 0 Å². The first-order valence-electron chi connectivity index (χ1n) is 18.0. The second-order valence-corrected chi connectivity index (χ2v) is 12.2. The van der Waals surface area contributed by atoms with E-state index in [0.717, 1.165) is 25.7 Å². The Hall–Kier alpha value is 0.930. The summed E-state index contributed by atoms with van der Waals surface area (Å²) in [5.41, 5.74) is 0. The maximum atomic E-state index is 10.3. The van der Waals surface area contributed by atoms with Gasteiger partial charge in [-0.25, -0.2) is 0 Å². The van der Waals surface area contributed by atoms with Crippen LogP contribution in [-0.2, 0) is 9.59 Å². The Bertz CT molecular complexity index is 461. The quantitative estimate of drug-likeness (QED) is 0.0409. The molecular weight excluding hydrogens is 663 g/mol. The second kappa shape index (κ2) is 46.3. The maximum absolute atomic E-state index is 10.3. The van der Waals surface area contributed by atoms with Crippen LogP contribution in [0.15, 0.2) is 0 Å². The molecule has 0 radical (unpaired) electrons. The first-order chi connectivity index (χ1) is 19.5. The van der Waals surface area contributed by atoms with Crippen LogP contribution in [0.3, 0.4) is 0 Å². The fraction of sp³-hybridized carbons (Fsp3) is 0.944. The van der Waals surface area contributed by atoms with Crippen molar-refractivity contribution in [2.75, 3.05) is 0 Å². The predicted octanol–water partition coefficient (Wildman–Crippen LogP) is 12.4. The first-order valence-corrected chi connectivity index (χ1v) is 18.0. The Morgan fingerprint density at radius 1 is 0.333 bits per heavy atom. The van der Waals surface area contributed by atoms with Crippen LogP contribution in [0.5, 0.6) is 0 Å². The number of unbranched alkanes of at least 4 members (excludes halogenated alkanes) is 28. The summed E-state index contributed by atoms with van der Waals surface area (Å²) in [6, 6.07) is 0. The standard InChI is InChI=1S/2C18H36O2.Ca.HI.2H/c2*1-2-3-4-5-6-7-8-9-10-11-12-13-14-15-16-17-18(19)20;;;;/h2*2-17H2,1H3,(H,19,20);;1H;;. The van der Waals surface area contributed by atoms with Gasteiger partial charge in [-0.2, -0.15) is 0 Å². The molecule has 0 aromatic carbocycles. The molecule has 4 nitrogen and oxygen atoms in total. The number of carbonyl (C=O) groups is 2. The van der Waals surface area contributed by atoms with Gasteiger partial charge < -0.3 is 10.2 Å². The molecule has 0 aromatic heterocycles. The van der Waals surface area contributed by atoms with Gasteiger partial charge in [-0.1, -0.05) is 194 Å². The molecule has 0 amide bonds. The number of rotatable bonds is 32. The Balaban J connectivity index is -0.000000328. The van der Waals surface area contributed by atoms with Gasteiger partial charge >= 0.3 is 49.7 Å². The van der Waals surface area contributed by atoms with Crippen LogP contribution in [0, 0.1) is 0 Å². The fourth-order valence-electron chi connectivity index (χ4n) is 5.30. The van der Waals surface area contributed by atoms with Gasteiger partial charge in [0.1, 0.15) is 0 Å². The average molecular weight is 739 g/mol. The third-order valence-electron chi connectivity index (χ3n) is 7.99. The van der Waals surface area contributed by atoms with Crippen molar-refractivity contribution in [1.29, 1.82) is 0 Å². The Labute approximate surface area is 310 Å². The van der Waals surface area contributed by atoms with Crippen molar-refractivity contribution in [2.24, 2.45) is 0 Å². The van der Waals surface area contributed by atoms with Gasteiger partial charge in [-0.3, -0.25) is 9.59 Å². The zero-order valence-electron chi connectivity index (χ0n) is 27.7. The summed E-state index contributed by atoms with van der Waals surface area (Å²) in [6.07, 6.45) is 40.4. The average Bonchev–Trinajstić information content (AvgIpc) is 2.93. The summed E-state index contributed by atoms with van der Waals surface area (Å²) in [6.45, 7) is 4.54. The molecule has 252 valence electrons. The van der Waals surface area contributed by atoms with E-state index in [-0.39, 0.29) is 61.7 Å². The third kappa shape index (κ3) is 53.5. The number of hydrogen-bond acceptors (Lipinski definition) is 2. The van der Waals surface area contributed by atoms with E-state index in [1.54, 1.807) is 0 Å².